The van der Waals surface area contributed by atoms with E-state index in [4.69, 9.17) is 4.74 Å². The molecule has 2 bridgehead atoms. The number of hydrogen-bond acceptors (Lipinski definition) is 4. The molecule has 5 nitrogen and oxygen atoms in total. The van der Waals surface area contributed by atoms with Crippen LogP contribution in [-0.4, -0.2) is 61.0 Å². The van der Waals surface area contributed by atoms with Crippen molar-refractivity contribution < 1.29 is 14.3 Å². The predicted molar refractivity (Wildman–Crippen MR) is 101 cm³/mol. The highest BCUT2D eigenvalue weighted by Gasteiger charge is 2.39. The molecule has 26 heavy (non-hydrogen) atoms. The van der Waals surface area contributed by atoms with Crippen LogP contribution >= 0.6 is 11.3 Å². The van der Waals surface area contributed by atoms with Gasteiger partial charge in [0.2, 0.25) is 5.91 Å². The minimum Gasteiger partial charge on any atom is -0.378 e. The zero-order chi connectivity index (χ0) is 18.3. The van der Waals surface area contributed by atoms with E-state index in [0.29, 0.717) is 26.3 Å². The standard InChI is InChI=1S/C20H22N2O3S/c1-13-8-17(26-18(13)14-6-4-3-5-7-14)20(24)22-9-15-11-25-12-16(10-22)21(2)19(15)23/h3-8,15-16H,9-12H2,1-2H3/t15-,16+/m1/s1. The van der Waals surface area contributed by atoms with Gasteiger partial charge in [-0.05, 0) is 24.1 Å². The average Bonchev–Trinajstić information content (AvgIpc) is 2.91. The Morgan fingerprint density at radius 3 is 2.73 bits per heavy atom. The van der Waals surface area contributed by atoms with Crippen LogP contribution in [0.1, 0.15) is 15.2 Å². The number of nitrogens with zero attached hydrogens (tertiary/aromatic N) is 2. The second-order valence-corrected chi connectivity index (χ2v) is 8.09. The van der Waals surface area contributed by atoms with Crippen molar-refractivity contribution in [3.63, 3.8) is 0 Å². The maximum absolute atomic E-state index is 13.2. The summed E-state index contributed by atoms with van der Waals surface area (Å²) >= 11 is 1.53. The van der Waals surface area contributed by atoms with Crippen LogP contribution < -0.4 is 0 Å². The lowest BCUT2D eigenvalue weighted by molar-refractivity contribution is -0.133. The maximum Gasteiger partial charge on any atom is 0.264 e. The molecule has 6 heteroatoms. The summed E-state index contributed by atoms with van der Waals surface area (Å²) < 4.78 is 5.62. The molecule has 2 aliphatic rings. The van der Waals surface area contributed by atoms with Gasteiger partial charge in [0.25, 0.3) is 5.91 Å². The van der Waals surface area contributed by atoms with Gasteiger partial charge in [0.1, 0.15) is 0 Å². The molecular weight excluding hydrogens is 348 g/mol. The van der Waals surface area contributed by atoms with Crippen LogP contribution in [0.4, 0.5) is 0 Å². The van der Waals surface area contributed by atoms with Crippen molar-refractivity contribution in [3.8, 4) is 10.4 Å². The molecule has 2 aromatic rings. The van der Waals surface area contributed by atoms with E-state index in [1.165, 1.54) is 11.3 Å². The number of carbonyl (C=O) groups is 2. The Morgan fingerprint density at radius 1 is 1.19 bits per heavy atom. The molecule has 2 amide bonds. The molecule has 136 valence electrons. The molecule has 3 heterocycles. The van der Waals surface area contributed by atoms with E-state index in [2.05, 4.69) is 12.1 Å². The molecule has 2 fully saturated rings. The summed E-state index contributed by atoms with van der Waals surface area (Å²) in [5.74, 6) is -0.179. The highest BCUT2D eigenvalue weighted by molar-refractivity contribution is 7.17. The molecule has 0 aliphatic carbocycles. The minimum absolute atomic E-state index is 0.0141. The van der Waals surface area contributed by atoms with Crippen LogP contribution in [0.5, 0.6) is 0 Å². The molecular formula is C20H22N2O3S. The van der Waals surface area contributed by atoms with E-state index < -0.39 is 0 Å². The highest BCUT2D eigenvalue weighted by Crippen LogP contribution is 2.33. The third kappa shape index (κ3) is 3.04. The maximum atomic E-state index is 13.2. The molecule has 0 N–H and O–H groups in total. The SMILES string of the molecule is Cc1cc(C(=O)N2C[C@@H]3COC[C@H](C2)N(C)C3=O)sc1-c1ccccc1. The Labute approximate surface area is 157 Å². The van der Waals surface area contributed by atoms with Crippen molar-refractivity contribution in [2.45, 2.75) is 13.0 Å². The summed E-state index contributed by atoms with van der Waals surface area (Å²) in [7, 11) is 1.81. The second kappa shape index (κ2) is 6.85. The van der Waals surface area contributed by atoms with Crippen molar-refractivity contribution in [2.24, 2.45) is 5.92 Å². The van der Waals surface area contributed by atoms with Crippen molar-refractivity contribution >= 4 is 23.2 Å². The molecule has 1 aromatic heterocycles. The average molecular weight is 370 g/mol. The third-order valence-electron chi connectivity index (χ3n) is 5.20. The fourth-order valence-electron chi connectivity index (χ4n) is 3.68. The third-order valence-corrected chi connectivity index (χ3v) is 6.47. The summed E-state index contributed by atoms with van der Waals surface area (Å²) in [5, 5.41) is 0. The minimum atomic E-state index is -0.272. The van der Waals surface area contributed by atoms with Gasteiger partial charge in [-0.25, -0.2) is 0 Å². The van der Waals surface area contributed by atoms with E-state index in [1.54, 1.807) is 4.90 Å². The number of benzene rings is 1. The number of thiophene rings is 1. The van der Waals surface area contributed by atoms with Crippen LogP contribution in [0.2, 0.25) is 0 Å². The monoisotopic (exact) mass is 370 g/mol. The zero-order valence-electron chi connectivity index (χ0n) is 15.0. The lowest BCUT2D eigenvalue weighted by atomic mass is 10.1. The molecule has 4 rings (SSSR count). The van der Waals surface area contributed by atoms with Crippen LogP contribution in [0.3, 0.4) is 0 Å². The van der Waals surface area contributed by atoms with Crippen molar-refractivity contribution in [3.05, 3.63) is 46.8 Å². The molecule has 2 saturated heterocycles. The van der Waals surface area contributed by atoms with Crippen LogP contribution in [-0.2, 0) is 9.53 Å². The first kappa shape index (κ1) is 17.2. The van der Waals surface area contributed by atoms with Crippen molar-refractivity contribution in [1.29, 1.82) is 0 Å². The largest absolute Gasteiger partial charge is 0.378 e. The van der Waals surface area contributed by atoms with Gasteiger partial charge in [0, 0.05) is 25.0 Å². The number of ether oxygens (including phenoxy) is 1. The fourth-order valence-corrected chi connectivity index (χ4v) is 4.83. The van der Waals surface area contributed by atoms with Gasteiger partial charge in [-0.1, -0.05) is 30.3 Å². The molecule has 2 atom stereocenters. The highest BCUT2D eigenvalue weighted by atomic mass is 32.1. The van der Waals surface area contributed by atoms with E-state index in [9.17, 15) is 9.59 Å². The number of amides is 2. The number of fused-ring (bicyclic) bond motifs is 3. The van der Waals surface area contributed by atoms with Crippen LogP contribution in [0.25, 0.3) is 10.4 Å². The molecule has 2 aliphatic heterocycles. The summed E-state index contributed by atoms with van der Waals surface area (Å²) in [6.45, 7) is 3.87. The van der Waals surface area contributed by atoms with Crippen LogP contribution in [0, 0.1) is 12.8 Å². The Balaban J connectivity index is 1.61. The Hall–Kier alpha value is -2.18. The van der Waals surface area contributed by atoms with Gasteiger partial charge in [-0.2, -0.15) is 0 Å². The van der Waals surface area contributed by atoms with Gasteiger partial charge in [-0.3, -0.25) is 9.59 Å². The summed E-state index contributed by atoms with van der Waals surface area (Å²) in [6.07, 6.45) is 0. The summed E-state index contributed by atoms with van der Waals surface area (Å²) in [6, 6.07) is 12.0. The number of aryl methyl sites for hydroxylation is 1. The Morgan fingerprint density at radius 2 is 1.96 bits per heavy atom. The molecule has 0 saturated carbocycles. The quantitative estimate of drug-likeness (QED) is 0.817. The van der Waals surface area contributed by atoms with Crippen molar-refractivity contribution in [2.75, 3.05) is 33.4 Å². The van der Waals surface area contributed by atoms with Crippen molar-refractivity contribution in [1.82, 2.24) is 9.80 Å². The van der Waals surface area contributed by atoms with Gasteiger partial charge >= 0.3 is 0 Å². The van der Waals surface area contributed by atoms with Gasteiger partial charge in [-0.15, -0.1) is 11.3 Å². The summed E-state index contributed by atoms with van der Waals surface area (Å²) in [4.78, 5) is 31.1. The Kier molecular flexibility index (Phi) is 4.54. The lowest BCUT2D eigenvalue weighted by Gasteiger charge is -2.29. The normalized spacial score (nSPS) is 23.1. The smallest absolute Gasteiger partial charge is 0.264 e. The van der Waals surface area contributed by atoms with E-state index in [1.807, 2.05) is 43.1 Å². The molecule has 0 spiro atoms. The van der Waals surface area contributed by atoms with E-state index >= 15 is 0 Å². The first-order valence-corrected chi connectivity index (χ1v) is 9.66. The lowest BCUT2D eigenvalue weighted by Crippen LogP contribution is -2.44. The van der Waals surface area contributed by atoms with Gasteiger partial charge in [0.15, 0.2) is 0 Å². The molecule has 0 unspecified atom stereocenters. The fraction of sp³-hybridized carbons (Fsp3) is 0.400. The first-order chi connectivity index (χ1) is 12.5. The number of rotatable bonds is 2. The number of carbonyl (C=O) groups excluding carboxylic acids is 2. The molecule has 0 radical (unpaired) electrons. The van der Waals surface area contributed by atoms with E-state index in [-0.39, 0.29) is 23.8 Å². The van der Waals surface area contributed by atoms with E-state index in [0.717, 1.165) is 20.9 Å². The first-order valence-electron chi connectivity index (χ1n) is 8.84. The predicted octanol–water partition coefficient (Wildman–Crippen LogP) is 2.65. The number of hydrogen-bond donors (Lipinski definition) is 0. The van der Waals surface area contributed by atoms with Gasteiger partial charge < -0.3 is 14.5 Å². The topological polar surface area (TPSA) is 49.9 Å². The van der Waals surface area contributed by atoms with Gasteiger partial charge in [0.05, 0.1) is 30.1 Å². The number of likely N-dealkylation sites (N-methyl/N-ethyl adjacent to an activating group) is 1. The zero-order valence-corrected chi connectivity index (χ0v) is 15.8. The summed E-state index contributed by atoms with van der Waals surface area (Å²) in [5.41, 5.74) is 2.24. The second-order valence-electron chi connectivity index (χ2n) is 7.04. The van der Waals surface area contributed by atoms with Crippen LogP contribution in [0.15, 0.2) is 36.4 Å². The molecule has 1 aromatic carbocycles. The Bertz CT molecular complexity index is 833.